The molecule has 0 aliphatic heterocycles. The number of hydrogen-bond donors (Lipinski definition) is 1. The fourth-order valence-corrected chi connectivity index (χ4v) is 2.85. The van der Waals surface area contributed by atoms with E-state index in [-0.39, 0.29) is 12.5 Å². The normalized spacial score (nSPS) is 10.4. The van der Waals surface area contributed by atoms with Gasteiger partial charge in [-0.2, -0.15) is 0 Å². The molecule has 0 radical (unpaired) electrons. The molecular weight excluding hydrogens is 389 g/mol. The summed E-state index contributed by atoms with van der Waals surface area (Å²) in [5.74, 6) is 0.277. The summed E-state index contributed by atoms with van der Waals surface area (Å²) in [6, 6.07) is 10.8. The van der Waals surface area contributed by atoms with Crippen molar-refractivity contribution in [1.29, 1.82) is 0 Å². The number of aryl methyl sites for hydroxylation is 1. The third-order valence-electron chi connectivity index (χ3n) is 2.99. The molecule has 2 aromatic rings. The zero-order valence-electron chi connectivity index (χ0n) is 11.8. The highest BCUT2D eigenvalue weighted by Crippen LogP contribution is 2.30. The molecule has 0 bridgehead atoms. The van der Waals surface area contributed by atoms with Crippen molar-refractivity contribution >= 4 is 50.7 Å². The van der Waals surface area contributed by atoms with Crippen LogP contribution in [0.25, 0.3) is 0 Å². The molecule has 3 nitrogen and oxygen atoms in total. The van der Waals surface area contributed by atoms with E-state index in [0.29, 0.717) is 21.5 Å². The smallest absolute Gasteiger partial charge is 0.262 e. The van der Waals surface area contributed by atoms with Crippen molar-refractivity contribution in [2.24, 2.45) is 0 Å². The quantitative estimate of drug-likeness (QED) is 0.733. The van der Waals surface area contributed by atoms with Crippen LogP contribution in [-0.4, -0.2) is 12.5 Å². The predicted molar refractivity (Wildman–Crippen MR) is 94.1 cm³/mol. The first kappa shape index (κ1) is 17.1. The first-order valence-electron chi connectivity index (χ1n) is 6.66. The molecule has 0 unspecified atom stereocenters. The molecular formula is C16H14BrCl2NO2. The summed E-state index contributed by atoms with van der Waals surface area (Å²) in [5.41, 5.74) is 1.58. The van der Waals surface area contributed by atoms with Crippen LogP contribution in [0.4, 0.5) is 5.69 Å². The molecule has 116 valence electrons. The Labute approximate surface area is 147 Å². The highest BCUT2D eigenvalue weighted by Gasteiger charge is 2.11. The summed E-state index contributed by atoms with van der Waals surface area (Å²) >= 11 is 15.4. The lowest BCUT2D eigenvalue weighted by Gasteiger charge is -2.11. The van der Waals surface area contributed by atoms with E-state index in [0.717, 1.165) is 10.9 Å². The molecule has 22 heavy (non-hydrogen) atoms. The van der Waals surface area contributed by atoms with Crippen LogP contribution in [0, 0.1) is 0 Å². The lowest BCUT2D eigenvalue weighted by molar-refractivity contribution is -0.118. The van der Waals surface area contributed by atoms with Crippen LogP contribution in [-0.2, 0) is 11.2 Å². The van der Waals surface area contributed by atoms with E-state index in [2.05, 4.69) is 28.2 Å². The average Bonchev–Trinajstić information content (AvgIpc) is 2.49. The molecule has 0 saturated carbocycles. The standard InChI is InChI=1S/C16H14BrCl2NO2/c1-2-10-6-7-14(11(17)8-10)22-9-15(21)20-16-12(18)4-3-5-13(16)19/h3-8H,2,9H2,1H3,(H,20,21). The number of halogens is 3. The van der Waals surface area contributed by atoms with Crippen LogP contribution in [0.15, 0.2) is 40.9 Å². The van der Waals surface area contributed by atoms with Gasteiger partial charge in [0.25, 0.3) is 5.91 Å². The van der Waals surface area contributed by atoms with E-state index in [9.17, 15) is 4.79 Å². The molecule has 2 aromatic carbocycles. The predicted octanol–water partition coefficient (Wildman–Crippen LogP) is 5.34. The van der Waals surface area contributed by atoms with Gasteiger partial charge in [-0.3, -0.25) is 4.79 Å². The highest BCUT2D eigenvalue weighted by atomic mass is 79.9. The molecule has 0 saturated heterocycles. The first-order valence-corrected chi connectivity index (χ1v) is 8.21. The number of hydrogen-bond acceptors (Lipinski definition) is 2. The summed E-state index contributed by atoms with van der Waals surface area (Å²) < 4.78 is 6.32. The van der Waals surface area contributed by atoms with Gasteiger partial charge >= 0.3 is 0 Å². The Morgan fingerprint density at radius 1 is 1.23 bits per heavy atom. The second kappa shape index (κ2) is 7.86. The summed E-state index contributed by atoms with van der Waals surface area (Å²) in [4.78, 5) is 12.0. The lowest BCUT2D eigenvalue weighted by Crippen LogP contribution is -2.20. The van der Waals surface area contributed by atoms with Gasteiger partial charge in [-0.15, -0.1) is 0 Å². The fraction of sp³-hybridized carbons (Fsp3) is 0.188. The number of carbonyl (C=O) groups is 1. The minimum absolute atomic E-state index is 0.133. The van der Waals surface area contributed by atoms with E-state index < -0.39 is 0 Å². The molecule has 0 fully saturated rings. The van der Waals surface area contributed by atoms with E-state index in [4.69, 9.17) is 27.9 Å². The van der Waals surface area contributed by atoms with Gasteiger partial charge in [-0.1, -0.05) is 42.3 Å². The van der Waals surface area contributed by atoms with Crippen molar-refractivity contribution in [1.82, 2.24) is 0 Å². The maximum Gasteiger partial charge on any atom is 0.262 e. The number of amides is 1. The maximum atomic E-state index is 12.0. The first-order chi connectivity index (χ1) is 10.5. The van der Waals surface area contributed by atoms with Crippen molar-refractivity contribution < 1.29 is 9.53 Å². The monoisotopic (exact) mass is 401 g/mol. The summed E-state index contributed by atoms with van der Waals surface area (Å²) in [6.07, 6.45) is 0.935. The van der Waals surface area contributed by atoms with Gasteiger partial charge in [0.1, 0.15) is 5.75 Å². The third kappa shape index (κ3) is 4.38. The second-order valence-electron chi connectivity index (χ2n) is 4.55. The summed E-state index contributed by atoms with van der Waals surface area (Å²) in [5, 5.41) is 3.41. The zero-order chi connectivity index (χ0) is 16.1. The SMILES string of the molecule is CCc1ccc(OCC(=O)Nc2c(Cl)cccc2Cl)c(Br)c1. The van der Waals surface area contributed by atoms with E-state index in [1.54, 1.807) is 18.2 Å². The van der Waals surface area contributed by atoms with Gasteiger partial charge in [0.15, 0.2) is 6.61 Å². The molecule has 0 atom stereocenters. The van der Waals surface area contributed by atoms with Gasteiger partial charge in [0.2, 0.25) is 0 Å². The minimum Gasteiger partial charge on any atom is -0.483 e. The van der Waals surface area contributed by atoms with Crippen LogP contribution in [0.3, 0.4) is 0 Å². The Bertz CT molecular complexity index is 672. The second-order valence-corrected chi connectivity index (χ2v) is 6.22. The van der Waals surface area contributed by atoms with Crippen molar-refractivity contribution in [3.8, 4) is 5.75 Å². The van der Waals surface area contributed by atoms with Crippen molar-refractivity contribution in [2.45, 2.75) is 13.3 Å². The van der Waals surface area contributed by atoms with Crippen molar-refractivity contribution in [3.63, 3.8) is 0 Å². The number of rotatable bonds is 5. The average molecular weight is 403 g/mol. The van der Waals surface area contributed by atoms with Crippen LogP contribution in [0.1, 0.15) is 12.5 Å². The van der Waals surface area contributed by atoms with Gasteiger partial charge in [0, 0.05) is 0 Å². The fourth-order valence-electron chi connectivity index (χ4n) is 1.82. The molecule has 0 spiro atoms. The van der Waals surface area contributed by atoms with Gasteiger partial charge < -0.3 is 10.1 Å². The number of nitrogens with one attached hydrogen (secondary N) is 1. The van der Waals surface area contributed by atoms with Gasteiger partial charge in [0.05, 0.1) is 20.2 Å². The third-order valence-corrected chi connectivity index (χ3v) is 4.24. The topological polar surface area (TPSA) is 38.3 Å². The molecule has 0 aliphatic rings. The Morgan fingerprint density at radius 2 is 1.91 bits per heavy atom. The molecule has 0 heterocycles. The Kier molecular flexibility index (Phi) is 6.12. The molecule has 6 heteroatoms. The maximum absolute atomic E-state index is 12.0. The van der Waals surface area contributed by atoms with Crippen molar-refractivity contribution in [2.75, 3.05) is 11.9 Å². The Morgan fingerprint density at radius 3 is 2.50 bits per heavy atom. The Hall–Kier alpha value is -1.23. The molecule has 1 N–H and O–H groups in total. The number of ether oxygens (including phenoxy) is 1. The van der Waals surface area contributed by atoms with Crippen LogP contribution >= 0.6 is 39.1 Å². The zero-order valence-corrected chi connectivity index (χ0v) is 14.9. The summed E-state index contributed by atoms with van der Waals surface area (Å²) in [6.45, 7) is 1.94. The number of anilines is 1. The largest absolute Gasteiger partial charge is 0.483 e. The van der Waals surface area contributed by atoms with E-state index in [1.165, 1.54) is 5.56 Å². The number of carbonyl (C=O) groups excluding carboxylic acids is 1. The molecule has 0 aromatic heterocycles. The lowest BCUT2D eigenvalue weighted by atomic mass is 10.2. The minimum atomic E-state index is -0.332. The Balaban J connectivity index is 1.99. The molecule has 1 amide bonds. The van der Waals surface area contributed by atoms with Gasteiger partial charge in [-0.05, 0) is 52.2 Å². The molecule has 2 rings (SSSR count). The van der Waals surface area contributed by atoms with Crippen LogP contribution in [0.2, 0.25) is 10.0 Å². The van der Waals surface area contributed by atoms with Crippen molar-refractivity contribution in [3.05, 3.63) is 56.5 Å². The van der Waals surface area contributed by atoms with Crippen LogP contribution in [0.5, 0.6) is 5.75 Å². The number of benzene rings is 2. The summed E-state index contributed by atoms with van der Waals surface area (Å²) in [7, 11) is 0. The molecule has 0 aliphatic carbocycles. The highest BCUT2D eigenvalue weighted by molar-refractivity contribution is 9.10. The van der Waals surface area contributed by atoms with Gasteiger partial charge in [-0.25, -0.2) is 0 Å². The van der Waals surface area contributed by atoms with Crippen LogP contribution < -0.4 is 10.1 Å². The van der Waals surface area contributed by atoms with E-state index >= 15 is 0 Å². The van der Waals surface area contributed by atoms with E-state index in [1.807, 2.05) is 18.2 Å². The number of para-hydroxylation sites is 1.